The molecule has 0 amide bonds. The van der Waals surface area contributed by atoms with Crippen molar-refractivity contribution in [1.82, 2.24) is 0 Å². The van der Waals surface area contributed by atoms with Crippen molar-refractivity contribution in [1.29, 1.82) is 0 Å². The Bertz CT molecular complexity index is 10.8. The van der Waals surface area contributed by atoms with E-state index in [9.17, 15) is 0 Å². The molecular weight excluding hydrogens is 279 g/mol. The van der Waals surface area contributed by atoms with Gasteiger partial charge in [-0.15, -0.1) is 0 Å². The second-order valence-electron chi connectivity index (χ2n) is 0.447. The van der Waals surface area contributed by atoms with Crippen LogP contribution in [0.25, 0.3) is 0 Å². The van der Waals surface area contributed by atoms with E-state index in [0.29, 0.717) is 0 Å². The van der Waals surface area contributed by atoms with Crippen LogP contribution in [0.2, 0.25) is 0 Å². The van der Waals surface area contributed by atoms with Gasteiger partial charge in [0.1, 0.15) is 0 Å². The van der Waals surface area contributed by atoms with Gasteiger partial charge in [-0.05, 0) is 0 Å². The van der Waals surface area contributed by atoms with Crippen LogP contribution in [0.4, 0.5) is 0 Å². The van der Waals surface area contributed by atoms with Gasteiger partial charge in [0.15, 0.2) is 0 Å². The molecule has 0 aromatic carbocycles. The third-order valence-corrected chi connectivity index (χ3v) is 0.1000. The van der Waals surface area contributed by atoms with E-state index in [2.05, 4.69) is 0 Å². The van der Waals surface area contributed by atoms with Crippen molar-refractivity contribution >= 4 is 27.3 Å². The zero-order chi connectivity index (χ0) is 3.41. The van der Waals surface area contributed by atoms with Crippen LogP contribution in [0.5, 0.6) is 0 Å². The molecule has 0 fully saturated rings. The predicted molar refractivity (Wildman–Crippen MR) is 26.3 cm³/mol. The summed E-state index contributed by atoms with van der Waals surface area (Å²) in [6.07, 6.45) is 0. The van der Waals surface area contributed by atoms with Crippen molar-refractivity contribution in [2.75, 3.05) is 13.2 Å². The first kappa shape index (κ1) is 15.8. The Morgan fingerprint density at radius 3 is 1.17 bits per heavy atom. The molecule has 0 aliphatic carbocycles. The molecule has 0 saturated heterocycles. The molecule has 0 bridgehead atoms. The normalized spacial score (nSPS) is 5.00. The van der Waals surface area contributed by atoms with E-state index in [4.69, 9.17) is 10.2 Å². The third-order valence-electron chi connectivity index (χ3n) is 0.1000. The van der Waals surface area contributed by atoms with E-state index in [-0.39, 0.29) is 46.0 Å². The van der Waals surface area contributed by atoms with E-state index in [1.54, 1.807) is 0 Å². The fourth-order valence-electron chi connectivity index (χ4n) is 0. The number of hydrogen-bond acceptors (Lipinski definition) is 2. The van der Waals surface area contributed by atoms with Gasteiger partial charge in [0.2, 0.25) is 0 Å². The summed E-state index contributed by atoms with van der Waals surface area (Å²) in [4.78, 5) is 0. The Morgan fingerprint density at radius 1 is 1.00 bits per heavy atom. The molecule has 6 heavy (non-hydrogen) atoms. The Morgan fingerprint density at radius 2 is 1.17 bits per heavy atom. The van der Waals surface area contributed by atoms with Crippen molar-refractivity contribution in [2.45, 2.75) is 0 Å². The van der Waals surface area contributed by atoms with Crippen molar-refractivity contribution < 1.29 is 15.7 Å². The molecular formula is C2H10O3Pb. The van der Waals surface area contributed by atoms with Gasteiger partial charge in [0, 0.05) is 0 Å². The predicted octanol–water partition coefficient (Wildman–Crippen LogP) is -2.77. The summed E-state index contributed by atoms with van der Waals surface area (Å²) in [6, 6.07) is 0. The average molecular weight is 289 g/mol. The standard InChI is InChI=1S/C2H6O2.H2O.Pb.2H/c3-1-2-4;;;;/h3-4H,1-2H2;1H2;;;. The molecule has 2 radical (unpaired) electrons. The van der Waals surface area contributed by atoms with Gasteiger partial charge in [-0.1, -0.05) is 0 Å². The molecule has 0 rings (SSSR count). The Kier molecular flexibility index (Phi) is 45.0. The summed E-state index contributed by atoms with van der Waals surface area (Å²) in [7, 11) is 0. The molecule has 0 atom stereocenters. The Hall–Kier alpha value is 0.802. The second-order valence-corrected chi connectivity index (χ2v) is 0.447. The van der Waals surface area contributed by atoms with Crippen LogP contribution in [-0.2, 0) is 0 Å². The first-order chi connectivity index (χ1) is 1.91. The summed E-state index contributed by atoms with van der Waals surface area (Å²) < 4.78 is 0. The monoisotopic (exact) mass is 290 g/mol. The van der Waals surface area contributed by atoms with Gasteiger partial charge < -0.3 is 15.7 Å². The van der Waals surface area contributed by atoms with Gasteiger partial charge in [-0.2, -0.15) is 0 Å². The van der Waals surface area contributed by atoms with Crippen LogP contribution >= 0.6 is 0 Å². The molecule has 0 aromatic rings. The number of rotatable bonds is 1. The van der Waals surface area contributed by atoms with Gasteiger partial charge in [0.05, 0.1) is 13.2 Å². The van der Waals surface area contributed by atoms with E-state index >= 15 is 0 Å². The Balaban J connectivity index is -0.0000000450. The molecule has 4 heteroatoms. The first-order valence-corrected chi connectivity index (χ1v) is 1.13. The Labute approximate surface area is 56.5 Å². The summed E-state index contributed by atoms with van der Waals surface area (Å²) in [5.41, 5.74) is 0. The third kappa shape index (κ3) is 21.4. The molecule has 0 spiro atoms. The zero-order valence-corrected chi connectivity index (χ0v) is 9.01. The summed E-state index contributed by atoms with van der Waals surface area (Å²) >= 11 is 0. The molecule has 0 unspecified atom stereocenters. The van der Waals surface area contributed by atoms with Crippen molar-refractivity contribution in [3.63, 3.8) is 0 Å². The SMILES string of the molecule is O.OCCO.[PbH2]. The molecule has 40 valence electrons. The molecule has 0 aromatic heterocycles. The molecule has 3 nitrogen and oxygen atoms in total. The van der Waals surface area contributed by atoms with E-state index in [1.807, 2.05) is 0 Å². The van der Waals surface area contributed by atoms with Crippen molar-refractivity contribution in [3.8, 4) is 0 Å². The van der Waals surface area contributed by atoms with E-state index < -0.39 is 0 Å². The maximum atomic E-state index is 7.62. The number of aliphatic hydroxyl groups excluding tert-OH is 2. The zero-order valence-electron chi connectivity index (χ0n) is 3.52. The fraction of sp³-hybridized carbons (Fsp3) is 1.00. The summed E-state index contributed by atoms with van der Waals surface area (Å²) in [6.45, 7) is -0.250. The maximum absolute atomic E-state index is 7.62. The number of hydrogen-bond donors (Lipinski definition) is 2. The minimum absolute atomic E-state index is 0. The quantitative estimate of drug-likeness (QED) is 0.513. The van der Waals surface area contributed by atoms with Crippen LogP contribution in [0.3, 0.4) is 0 Å². The number of aliphatic hydroxyl groups is 2. The molecule has 0 saturated carbocycles. The van der Waals surface area contributed by atoms with Crippen LogP contribution in [-0.4, -0.2) is 56.2 Å². The van der Waals surface area contributed by atoms with Crippen LogP contribution in [0.1, 0.15) is 0 Å². The van der Waals surface area contributed by atoms with Crippen LogP contribution in [0.15, 0.2) is 0 Å². The average Bonchev–Trinajstić information content (AvgIpc) is 1.37. The summed E-state index contributed by atoms with van der Waals surface area (Å²) in [5, 5.41) is 15.2. The van der Waals surface area contributed by atoms with Gasteiger partial charge in [0.25, 0.3) is 0 Å². The molecule has 0 aliphatic rings. The topological polar surface area (TPSA) is 72.0 Å². The first-order valence-electron chi connectivity index (χ1n) is 1.13. The molecule has 0 heterocycles. The summed E-state index contributed by atoms with van der Waals surface area (Å²) in [5.74, 6) is 0. The second kappa shape index (κ2) is 17.0. The van der Waals surface area contributed by atoms with Crippen LogP contribution in [0, 0.1) is 0 Å². The van der Waals surface area contributed by atoms with E-state index in [1.165, 1.54) is 0 Å². The molecule has 0 aliphatic heterocycles. The van der Waals surface area contributed by atoms with Gasteiger partial charge >= 0.3 is 27.3 Å². The van der Waals surface area contributed by atoms with Crippen LogP contribution < -0.4 is 0 Å². The minimum atomic E-state index is -0.125. The van der Waals surface area contributed by atoms with Gasteiger partial charge in [-0.25, -0.2) is 0 Å². The molecule has 4 N–H and O–H groups in total. The fourth-order valence-corrected chi connectivity index (χ4v) is 0. The van der Waals surface area contributed by atoms with E-state index in [0.717, 1.165) is 0 Å². The van der Waals surface area contributed by atoms with Crippen molar-refractivity contribution in [3.05, 3.63) is 0 Å². The van der Waals surface area contributed by atoms with Crippen molar-refractivity contribution in [2.24, 2.45) is 0 Å². The van der Waals surface area contributed by atoms with Gasteiger partial charge in [-0.3, -0.25) is 0 Å².